The van der Waals surface area contributed by atoms with Crippen molar-refractivity contribution in [2.45, 2.75) is 0 Å². The Balaban J connectivity index is 1.49. The molecule has 2 aromatic carbocycles. The summed E-state index contributed by atoms with van der Waals surface area (Å²) in [5.74, 6) is 1.05. The Morgan fingerprint density at radius 2 is 1.94 bits per heavy atom. The van der Waals surface area contributed by atoms with Gasteiger partial charge in [0.15, 0.2) is 0 Å². The first-order chi connectivity index (χ1) is 17.5. The van der Waals surface area contributed by atoms with Crippen molar-refractivity contribution in [1.82, 2.24) is 24.5 Å². The topological polar surface area (TPSA) is 93.6 Å². The molecular weight excluding hydrogens is 474 g/mol. The summed E-state index contributed by atoms with van der Waals surface area (Å²) >= 11 is 6.33. The van der Waals surface area contributed by atoms with Gasteiger partial charge in [0.2, 0.25) is 5.95 Å². The Kier molecular flexibility index (Phi) is 6.71. The smallest absolute Gasteiger partial charge is 0.227 e. The number of nitrogens with zero attached hydrogens (tertiary/aromatic N) is 5. The molecule has 0 aliphatic heterocycles. The molecule has 3 heterocycles. The number of hydrogen-bond acceptors (Lipinski definition) is 7. The van der Waals surface area contributed by atoms with E-state index in [1.807, 2.05) is 90.4 Å². The molecule has 9 heteroatoms. The van der Waals surface area contributed by atoms with Gasteiger partial charge in [-0.1, -0.05) is 29.8 Å². The number of halogens is 1. The Hall–Kier alpha value is -4.14. The van der Waals surface area contributed by atoms with E-state index in [-0.39, 0.29) is 0 Å². The lowest BCUT2D eigenvalue weighted by molar-refractivity contribution is 0.261. The maximum Gasteiger partial charge on any atom is 0.227 e. The van der Waals surface area contributed by atoms with E-state index >= 15 is 0 Å². The van der Waals surface area contributed by atoms with Gasteiger partial charge in [-0.05, 0) is 56.6 Å². The number of anilines is 3. The number of nitrogen functional groups attached to an aromatic ring is 1. The minimum atomic E-state index is 0.447. The summed E-state index contributed by atoms with van der Waals surface area (Å²) in [6, 6.07) is 21.0. The van der Waals surface area contributed by atoms with Crippen LogP contribution in [0.4, 0.5) is 17.3 Å². The van der Waals surface area contributed by atoms with Gasteiger partial charge in [0, 0.05) is 41.9 Å². The first-order valence-corrected chi connectivity index (χ1v) is 11.9. The molecule has 5 rings (SSSR count). The largest absolute Gasteiger partial charge is 0.491 e. The number of hydrogen-bond donors (Lipinski definition) is 2. The van der Waals surface area contributed by atoms with Crippen molar-refractivity contribution in [1.29, 1.82) is 0 Å². The standard InChI is InChI=1S/C27H26ClN7O/c1-34(2)14-15-36-24-17-20(9-10-21(24)28)31-27-30-12-11-22(32-27)25-23-8-3-4-13-35(23)33-26(25)18-6-5-7-19(29)16-18/h3-13,16-17H,14-15,29H2,1-2H3,(H,30,31,32). The zero-order valence-electron chi connectivity index (χ0n) is 20.0. The summed E-state index contributed by atoms with van der Waals surface area (Å²) in [6.07, 6.45) is 3.64. The first-order valence-electron chi connectivity index (χ1n) is 11.5. The number of likely N-dealkylation sites (N-methyl/N-ethyl adjacent to an activating group) is 1. The normalized spacial score (nSPS) is 11.2. The minimum Gasteiger partial charge on any atom is -0.491 e. The predicted molar refractivity (Wildman–Crippen MR) is 145 cm³/mol. The van der Waals surface area contributed by atoms with E-state index in [0.717, 1.165) is 40.3 Å². The molecule has 0 aliphatic rings. The fraction of sp³-hybridized carbons (Fsp3) is 0.148. The van der Waals surface area contributed by atoms with Crippen LogP contribution in [0.1, 0.15) is 0 Å². The van der Waals surface area contributed by atoms with Gasteiger partial charge in [0.25, 0.3) is 0 Å². The highest BCUT2D eigenvalue weighted by Gasteiger charge is 2.18. The molecule has 0 spiro atoms. The van der Waals surface area contributed by atoms with Crippen molar-refractivity contribution in [3.63, 3.8) is 0 Å². The number of fused-ring (bicyclic) bond motifs is 1. The summed E-state index contributed by atoms with van der Waals surface area (Å²) in [4.78, 5) is 11.3. The number of nitrogens with two attached hydrogens (primary N) is 1. The fourth-order valence-electron chi connectivity index (χ4n) is 3.86. The van der Waals surface area contributed by atoms with Crippen molar-refractivity contribution in [2.75, 3.05) is 38.3 Å². The molecule has 0 bridgehead atoms. The molecule has 3 aromatic heterocycles. The van der Waals surface area contributed by atoms with Crippen LogP contribution in [0.2, 0.25) is 5.02 Å². The van der Waals surface area contributed by atoms with Crippen LogP contribution in [0, 0.1) is 0 Å². The molecular formula is C27H26ClN7O. The number of pyridine rings is 1. The van der Waals surface area contributed by atoms with Gasteiger partial charge in [-0.2, -0.15) is 5.10 Å². The number of benzene rings is 2. The highest BCUT2D eigenvalue weighted by atomic mass is 35.5. The number of nitrogens with one attached hydrogen (secondary N) is 1. The highest BCUT2D eigenvalue weighted by molar-refractivity contribution is 6.32. The molecule has 0 saturated heterocycles. The van der Waals surface area contributed by atoms with Crippen LogP contribution >= 0.6 is 11.6 Å². The Morgan fingerprint density at radius 3 is 2.78 bits per heavy atom. The molecule has 5 aromatic rings. The van der Waals surface area contributed by atoms with Crippen molar-refractivity contribution in [2.24, 2.45) is 0 Å². The van der Waals surface area contributed by atoms with Crippen LogP contribution in [-0.4, -0.2) is 51.7 Å². The summed E-state index contributed by atoms with van der Waals surface area (Å²) < 4.78 is 7.70. The maximum absolute atomic E-state index is 6.33. The minimum absolute atomic E-state index is 0.447. The van der Waals surface area contributed by atoms with E-state index in [1.165, 1.54) is 0 Å². The lowest BCUT2D eigenvalue weighted by atomic mass is 10.0. The van der Waals surface area contributed by atoms with Crippen molar-refractivity contribution >= 4 is 34.4 Å². The maximum atomic E-state index is 6.33. The van der Waals surface area contributed by atoms with E-state index in [9.17, 15) is 0 Å². The molecule has 0 unspecified atom stereocenters. The zero-order valence-corrected chi connectivity index (χ0v) is 20.8. The molecule has 8 nitrogen and oxygen atoms in total. The third-order valence-corrected chi connectivity index (χ3v) is 5.91. The van der Waals surface area contributed by atoms with E-state index in [0.29, 0.717) is 29.0 Å². The fourth-order valence-corrected chi connectivity index (χ4v) is 4.03. The second-order valence-corrected chi connectivity index (χ2v) is 8.97. The van der Waals surface area contributed by atoms with Crippen LogP contribution in [0.25, 0.3) is 28.0 Å². The molecule has 0 fully saturated rings. The first kappa shape index (κ1) is 23.6. The van der Waals surface area contributed by atoms with Crippen LogP contribution in [0.5, 0.6) is 5.75 Å². The van der Waals surface area contributed by atoms with Gasteiger partial charge in [0.1, 0.15) is 18.1 Å². The van der Waals surface area contributed by atoms with Crippen LogP contribution in [-0.2, 0) is 0 Å². The molecule has 0 amide bonds. The van der Waals surface area contributed by atoms with Crippen LogP contribution < -0.4 is 15.8 Å². The van der Waals surface area contributed by atoms with Gasteiger partial charge >= 0.3 is 0 Å². The second kappa shape index (κ2) is 10.2. The third kappa shape index (κ3) is 5.10. The molecule has 3 N–H and O–H groups in total. The summed E-state index contributed by atoms with van der Waals surface area (Å²) in [7, 11) is 3.99. The quantitative estimate of drug-likeness (QED) is 0.277. The second-order valence-electron chi connectivity index (χ2n) is 8.57. The lowest BCUT2D eigenvalue weighted by Crippen LogP contribution is -2.19. The molecule has 0 saturated carbocycles. The summed E-state index contributed by atoms with van der Waals surface area (Å²) in [5.41, 5.74) is 11.8. The molecule has 0 atom stereocenters. The zero-order chi connectivity index (χ0) is 25.1. The van der Waals surface area contributed by atoms with Gasteiger partial charge < -0.3 is 20.7 Å². The van der Waals surface area contributed by atoms with Gasteiger partial charge in [0.05, 0.1) is 21.8 Å². The summed E-state index contributed by atoms with van der Waals surface area (Å²) in [5, 5.41) is 8.64. The Bertz CT molecular complexity index is 1520. The Labute approximate surface area is 214 Å². The number of ether oxygens (including phenoxy) is 1. The Morgan fingerprint density at radius 1 is 1.06 bits per heavy atom. The van der Waals surface area contributed by atoms with Gasteiger partial charge in [-0.25, -0.2) is 14.5 Å². The average molecular weight is 500 g/mol. The molecule has 0 radical (unpaired) electrons. The third-order valence-electron chi connectivity index (χ3n) is 5.60. The molecule has 182 valence electrons. The van der Waals surface area contributed by atoms with E-state index in [2.05, 4.69) is 10.3 Å². The lowest BCUT2D eigenvalue weighted by Gasteiger charge is -2.13. The van der Waals surface area contributed by atoms with Crippen molar-refractivity contribution in [3.05, 3.63) is 84.1 Å². The number of rotatable bonds is 8. The number of aromatic nitrogens is 4. The summed E-state index contributed by atoms with van der Waals surface area (Å²) in [6.45, 7) is 1.32. The van der Waals surface area contributed by atoms with Crippen LogP contribution in [0.15, 0.2) is 79.1 Å². The molecule has 0 aliphatic carbocycles. The monoisotopic (exact) mass is 499 g/mol. The van der Waals surface area contributed by atoms with E-state index in [1.54, 1.807) is 12.3 Å². The molecule has 36 heavy (non-hydrogen) atoms. The average Bonchev–Trinajstić information content (AvgIpc) is 3.26. The van der Waals surface area contributed by atoms with Gasteiger partial charge in [-0.3, -0.25) is 0 Å². The van der Waals surface area contributed by atoms with Gasteiger partial charge in [-0.15, -0.1) is 0 Å². The van der Waals surface area contributed by atoms with E-state index in [4.69, 9.17) is 32.2 Å². The van der Waals surface area contributed by atoms with Crippen LogP contribution in [0.3, 0.4) is 0 Å². The van der Waals surface area contributed by atoms with E-state index < -0.39 is 0 Å². The van der Waals surface area contributed by atoms with Crippen molar-refractivity contribution < 1.29 is 4.74 Å². The predicted octanol–water partition coefficient (Wildman–Crippen LogP) is 5.38. The highest BCUT2D eigenvalue weighted by Crippen LogP contribution is 2.35. The SMILES string of the molecule is CN(C)CCOc1cc(Nc2nccc(-c3c(-c4cccc(N)c4)nn4ccccc34)n2)ccc1Cl. The van der Waals surface area contributed by atoms with Crippen molar-refractivity contribution in [3.8, 4) is 28.3 Å².